The molecule has 0 fully saturated rings. The maximum atomic E-state index is 8.72. The fourth-order valence-corrected chi connectivity index (χ4v) is 1.13. The van der Waals surface area contributed by atoms with E-state index in [0.717, 1.165) is 18.4 Å². The van der Waals surface area contributed by atoms with E-state index in [9.17, 15) is 0 Å². The van der Waals surface area contributed by atoms with Gasteiger partial charge in [0.05, 0.1) is 6.61 Å². The Kier molecular flexibility index (Phi) is 2.78. The summed E-state index contributed by atoms with van der Waals surface area (Å²) >= 11 is 0. The first-order chi connectivity index (χ1) is 4.43. The van der Waals surface area contributed by atoms with Gasteiger partial charge in [-0.15, -0.1) is 0 Å². The summed E-state index contributed by atoms with van der Waals surface area (Å²) in [4.78, 5) is 0. The predicted molar refractivity (Wildman–Crippen MR) is 36.9 cm³/mol. The zero-order chi connectivity index (χ0) is 6.53. The number of aliphatic hydroxyl groups is 1. The summed E-state index contributed by atoms with van der Waals surface area (Å²) in [5.74, 6) is 0. The van der Waals surface area contributed by atoms with Crippen molar-refractivity contribution in [3.8, 4) is 0 Å². The van der Waals surface area contributed by atoms with E-state index in [0.29, 0.717) is 0 Å². The lowest BCUT2D eigenvalue weighted by Gasteiger charge is -1.96. The van der Waals surface area contributed by atoms with E-state index in [-0.39, 0.29) is 6.61 Å². The molecule has 0 unspecified atom stereocenters. The van der Waals surface area contributed by atoms with Crippen molar-refractivity contribution in [3.63, 3.8) is 0 Å². The highest BCUT2D eigenvalue weighted by atomic mass is 16.3. The third-order valence-electron chi connectivity index (χ3n) is 1.72. The summed E-state index contributed by atoms with van der Waals surface area (Å²) in [6, 6.07) is 0. The van der Waals surface area contributed by atoms with Gasteiger partial charge in [-0.25, -0.2) is 0 Å². The molecule has 0 saturated heterocycles. The Morgan fingerprint density at radius 1 is 1.33 bits per heavy atom. The van der Waals surface area contributed by atoms with E-state index in [1.165, 1.54) is 19.3 Å². The molecule has 0 atom stereocenters. The number of allylic oxidation sites excluding steroid dienone is 1. The molecule has 0 aromatic rings. The van der Waals surface area contributed by atoms with E-state index in [1.807, 2.05) is 0 Å². The Morgan fingerprint density at radius 3 is 3.00 bits per heavy atom. The van der Waals surface area contributed by atoms with E-state index in [1.54, 1.807) is 0 Å². The number of hydrogen-bond donors (Lipinski definition) is 1. The summed E-state index contributed by atoms with van der Waals surface area (Å²) in [5.41, 5.74) is 1.12. The Bertz CT molecular complexity index is 105. The van der Waals surface area contributed by atoms with Crippen LogP contribution in [0.2, 0.25) is 0 Å². The minimum atomic E-state index is 0.222. The minimum Gasteiger partial charge on any atom is -0.392 e. The first-order valence-corrected chi connectivity index (χ1v) is 3.63. The second-order valence-corrected chi connectivity index (χ2v) is 2.50. The molecule has 9 heavy (non-hydrogen) atoms. The van der Waals surface area contributed by atoms with E-state index in [2.05, 4.69) is 6.08 Å². The van der Waals surface area contributed by atoms with Crippen LogP contribution < -0.4 is 0 Å². The van der Waals surface area contributed by atoms with Gasteiger partial charge in [-0.2, -0.15) is 0 Å². The molecule has 51 valence electrons. The van der Waals surface area contributed by atoms with Crippen molar-refractivity contribution in [1.82, 2.24) is 0 Å². The number of aliphatic hydroxyl groups excluding tert-OH is 1. The molecule has 1 N–H and O–H groups in total. The summed E-state index contributed by atoms with van der Waals surface area (Å²) in [6.45, 7) is 0.222. The topological polar surface area (TPSA) is 20.2 Å². The van der Waals surface area contributed by atoms with E-state index < -0.39 is 0 Å². The maximum absolute atomic E-state index is 8.72. The SMILES string of the molecule is OCC1=[C]CCCCC1. The Balaban J connectivity index is 2.37. The van der Waals surface area contributed by atoms with Gasteiger partial charge < -0.3 is 5.11 Å². The van der Waals surface area contributed by atoms with E-state index >= 15 is 0 Å². The largest absolute Gasteiger partial charge is 0.392 e. The molecule has 1 aliphatic carbocycles. The van der Waals surface area contributed by atoms with Crippen molar-refractivity contribution < 1.29 is 5.11 Å². The van der Waals surface area contributed by atoms with Gasteiger partial charge >= 0.3 is 0 Å². The molecule has 1 rings (SSSR count). The van der Waals surface area contributed by atoms with Crippen LogP contribution in [-0.2, 0) is 0 Å². The van der Waals surface area contributed by atoms with Crippen LogP contribution in [0, 0.1) is 6.08 Å². The monoisotopic (exact) mass is 125 g/mol. The van der Waals surface area contributed by atoms with Crippen LogP contribution in [0.3, 0.4) is 0 Å². The summed E-state index contributed by atoms with van der Waals surface area (Å²) in [5, 5.41) is 8.72. The van der Waals surface area contributed by atoms with Gasteiger partial charge in [-0.1, -0.05) is 6.42 Å². The predicted octanol–water partition coefficient (Wildman–Crippen LogP) is 1.67. The highest BCUT2D eigenvalue weighted by Gasteiger charge is 2.00. The molecule has 0 aromatic carbocycles. The average Bonchev–Trinajstić information content (AvgIpc) is 2.13. The molecule has 0 bridgehead atoms. The second kappa shape index (κ2) is 3.67. The molecule has 0 saturated carbocycles. The van der Waals surface area contributed by atoms with Gasteiger partial charge in [0.25, 0.3) is 0 Å². The van der Waals surface area contributed by atoms with Crippen LogP contribution in [0.25, 0.3) is 0 Å². The Hall–Kier alpha value is -0.300. The molecule has 1 aliphatic rings. The standard InChI is InChI=1S/C8H13O/c9-7-8-5-3-1-2-4-6-8/h9H,1-5,7H2. The van der Waals surface area contributed by atoms with Crippen molar-refractivity contribution in [3.05, 3.63) is 11.6 Å². The zero-order valence-corrected chi connectivity index (χ0v) is 5.69. The highest BCUT2D eigenvalue weighted by molar-refractivity contribution is 4.97. The zero-order valence-electron chi connectivity index (χ0n) is 5.69. The smallest absolute Gasteiger partial charge is 0.0647 e. The molecule has 0 spiro atoms. The average molecular weight is 125 g/mol. The van der Waals surface area contributed by atoms with Gasteiger partial charge in [0.2, 0.25) is 0 Å². The first kappa shape index (κ1) is 6.81. The lowest BCUT2D eigenvalue weighted by atomic mass is 10.1. The van der Waals surface area contributed by atoms with Crippen LogP contribution >= 0.6 is 0 Å². The molecule has 0 aromatic heterocycles. The van der Waals surface area contributed by atoms with Crippen LogP contribution in [0.4, 0.5) is 0 Å². The lowest BCUT2D eigenvalue weighted by molar-refractivity contribution is 0.325. The van der Waals surface area contributed by atoms with Crippen LogP contribution in [0.5, 0.6) is 0 Å². The summed E-state index contributed by atoms with van der Waals surface area (Å²) in [6.07, 6.45) is 9.11. The van der Waals surface area contributed by atoms with Gasteiger partial charge in [0, 0.05) is 0 Å². The molecule has 1 radical (unpaired) electrons. The molecule has 1 heteroatoms. The fourth-order valence-electron chi connectivity index (χ4n) is 1.13. The van der Waals surface area contributed by atoms with Crippen LogP contribution in [0.15, 0.2) is 5.57 Å². The Morgan fingerprint density at radius 2 is 2.22 bits per heavy atom. The molecule has 0 heterocycles. The van der Waals surface area contributed by atoms with E-state index in [4.69, 9.17) is 5.11 Å². The van der Waals surface area contributed by atoms with Crippen LogP contribution in [0.1, 0.15) is 32.1 Å². The van der Waals surface area contributed by atoms with Crippen molar-refractivity contribution in [2.75, 3.05) is 6.61 Å². The number of rotatable bonds is 1. The number of hydrogen-bond acceptors (Lipinski definition) is 1. The molecular formula is C8H13O. The van der Waals surface area contributed by atoms with Gasteiger partial charge in [-0.05, 0) is 37.3 Å². The Labute approximate surface area is 56.4 Å². The van der Waals surface area contributed by atoms with Gasteiger partial charge in [0.15, 0.2) is 0 Å². The maximum Gasteiger partial charge on any atom is 0.0647 e. The third-order valence-corrected chi connectivity index (χ3v) is 1.72. The van der Waals surface area contributed by atoms with Crippen molar-refractivity contribution >= 4 is 0 Å². The highest BCUT2D eigenvalue weighted by Crippen LogP contribution is 2.15. The minimum absolute atomic E-state index is 0.222. The van der Waals surface area contributed by atoms with Crippen molar-refractivity contribution in [1.29, 1.82) is 0 Å². The summed E-state index contributed by atoms with van der Waals surface area (Å²) in [7, 11) is 0. The fraction of sp³-hybridized carbons (Fsp3) is 0.750. The van der Waals surface area contributed by atoms with Gasteiger partial charge in [-0.3, -0.25) is 0 Å². The normalized spacial score (nSPS) is 20.8. The third kappa shape index (κ3) is 2.19. The van der Waals surface area contributed by atoms with Crippen molar-refractivity contribution in [2.45, 2.75) is 32.1 Å². The van der Waals surface area contributed by atoms with Crippen molar-refractivity contribution in [2.24, 2.45) is 0 Å². The molecular weight excluding hydrogens is 112 g/mol. The molecule has 1 nitrogen and oxygen atoms in total. The van der Waals surface area contributed by atoms with Crippen LogP contribution in [-0.4, -0.2) is 11.7 Å². The quantitative estimate of drug-likeness (QED) is 0.565. The van der Waals surface area contributed by atoms with Gasteiger partial charge in [0.1, 0.15) is 0 Å². The lowest BCUT2D eigenvalue weighted by Crippen LogP contribution is -1.88. The summed E-state index contributed by atoms with van der Waals surface area (Å²) < 4.78 is 0. The first-order valence-electron chi connectivity index (χ1n) is 3.63. The second-order valence-electron chi connectivity index (χ2n) is 2.50. The molecule has 0 amide bonds. The molecule has 0 aliphatic heterocycles.